The van der Waals surface area contributed by atoms with Crippen molar-refractivity contribution in [3.8, 4) is 0 Å². The van der Waals surface area contributed by atoms with E-state index in [2.05, 4.69) is 15.5 Å². The molecule has 1 aliphatic rings. The van der Waals surface area contributed by atoms with Crippen LogP contribution in [0.3, 0.4) is 0 Å². The van der Waals surface area contributed by atoms with Crippen LogP contribution in [-0.4, -0.2) is 61.3 Å². The van der Waals surface area contributed by atoms with Crippen molar-refractivity contribution in [2.24, 2.45) is 0 Å². The number of aliphatic hydroxyl groups is 1. The second kappa shape index (κ2) is 7.23. The maximum absolute atomic E-state index is 11.8. The number of rotatable bonds is 5. The number of β-amino-alcohol motifs (C(OH)–C–C–N with tert-alkyl or cyclic N) is 1. The first-order valence-corrected chi connectivity index (χ1v) is 6.70. The molecule has 0 saturated carbocycles. The first-order valence-electron chi connectivity index (χ1n) is 6.70. The van der Waals surface area contributed by atoms with Crippen LogP contribution in [0.2, 0.25) is 0 Å². The Morgan fingerprint density at radius 1 is 1.32 bits per heavy atom. The highest BCUT2D eigenvalue weighted by molar-refractivity contribution is 5.94. The van der Waals surface area contributed by atoms with Gasteiger partial charge in [0, 0.05) is 44.8 Å². The van der Waals surface area contributed by atoms with Crippen molar-refractivity contribution in [3.05, 3.63) is 35.9 Å². The summed E-state index contributed by atoms with van der Waals surface area (Å²) in [5.74, 6) is -0.139. The van der Waals surface area contributed by atoms with Crippen LogP contribution >= 0.6 is 0 Å². The molecule has 2 rings (SSSR count). The summed E-state index contributed by atoms with van der Waals surface area (Å²) in [4.78, 5) is 14.0. The van der Waals surface area contributed by atoms with Crippen LogP contribution in [0.1, 0.15) is 10.4 Å². The molecule has 0 bridgehead atoms. The average molecular weight is 263 g/mol. The smallest absolute Gasteiger partial charge is 0.251 e. The highest BCUT2D eigenvalue weighted by atomic mass is 16.3. The summed E-state index contributed by atoms with van der Waals surface area (Å²) in [5, 5.41) is 15.9. The van der Waals surface area contributed by atoms with Gasteiger partial charge >= 0.3 is 0 Å². The molecular formula is C14H21N3O2. The van der Waals surface area contributed by atoms with Crippen molar-refractivity contribution in [1.29, 1.82) is 0 Å². The SMILES string of the molecule is O=C(NCC(O)CN1CCNCC1)c1ccccc1. The van der Waals surface area contributed by atoms with Crippen LogP contribution < -0.4 is 10.6 Å². The lowest BCUT2D eigenvalue weighted by atomic mass is 10.2. The molecular weight excluding hydrogens is 242 g/mol. The molecule has 1 aliphatic heterocycles. The highest BCUT2D eigenvalue weighted by Gasteiger charge is 2.15. The molecule has 1 aromatic rings. The number of aliphatic hydroxyl groups excluding tert-OH is 1. The average Bonchev–Trinajstić information content (AvgIpc) is 2.47. The molecule has 1 fully saturated rings. The summed E-state index contributed by atoms with van der Waals surface area (Å²) in [7, 11) is 0. The van der Waals surface area contributed by atoms with Crippen LogP contribution in [0, 0.1) is 0 Å². The normalized spacial score (nSPS) is 17.9. The summed E-state index contributed by atoms with van der Waals surface area (Å²) < 4.78 is 0. The first kappa shape index (κ1) is 14.0. The van der Waals surface area contributed by atoms with Crippen LogP contribution in [-0.2, 0) is 0 Å². The number of nitrogens with zero attached hydrogens (tertiary/aromatic N) is 1. The molecule has 1 saturated heterocycles. The van der Waals surface area contributed by atoms with E-state index in [1.165, 1.54) is 0 Å². The maximum atomic E-state index is 11.8. The molecule has 0 radical (unpaired) electrons. The molecule has 19 heavy (non-hydrogen) atoms. The number of carbonyl (C=O) groups excluding carboxylic acids is 1. The van der Waals surface area contributed by atoms with E-state index in [4.69, 9.17) is 0 Å². The molecule has 1 heterocycles. The number of piperazine rings is 1. The third-order valence-corrected chi connectivity index (χ3v) is 3.21. The molecule has 0 aliphatic carbocycles. The summed E-state index contributed by atoms with van der Waals surface area (Å²) >= 11 is 0. The fourth-order valence-electron chi connectivity index (χ4n) is 2.16. The van der Waals surface area contributed by atoms with E-state index in [0.29, 0.717) is 12.1 Å². The van der Waals surface area contributed by atoms with Crippen LogP contribution in [0.15, 0.2) is 30.3 Å². The quantitative estimate of drug-likeness (QED) is 0.681. The molecule has 5 heteroatoms. The van der Waals surface area contributed by atoms with Crippen LogP contribution in [0.5, 0.6) is 0 Å². The van der Waals surface area contributed by atoms with E-state index < -0.39 is 6.10 Å². The summed E-state index contributed by atoms with van der Waals surface area (Å²) in [6.07, 6.45) is -0.522. The van der Waals surface area contributed by atoms with Gasteiger partial charge in [0.1, 0.15) is 0 Å². The zero-order valence-electron chi connectivity index (χ0n) is 11.0. The lowest BCUT2D eigenvalue weighted by Crippen LogP contribution is -2.48. The highest BCUT2D eigenvalue weighted by Crippen LogP contribution is 1.99. The lowest BCUT2D eigenvalue weighted by molar-refractivity contribution is 0.0842. The van der Waals surface area contributed by atoms with E-state index in [0.717, 1.165) is 26.2 Å². The zero-order chi connectivity index (χ0) is 13.5. The van der Waals surface area contributed by atoms with Gasteiger partial charge in [-0.1, -0.05) is 18.2 Å². The molecule has 1 aromatic carbocycles. The molecule has 1 amide bonds. The van der Waals surface area contributed by atoms with Crippen LogP contribution in [0.4, 0.5) is 0 Å². The Kier molecular flexibility index (Phi) is 5.32. The van der Waals surface area contributed by atoms with E-state index in [1.807, 2.05) is 18.2 Å². The predicted molar refractivity (Wildman–Crippen MR) is 74.1 cm³/mol. The van der Waals surface area contributed by atoms with Gasteiger partial charge in [-0.3, -0.25) is 9.69 Å². The number of benzene rings is 1. The molecule has 104 valence electrons. The van der Waals surface area contributed by atoms with Gasteiger partial charge in [0.15, 0.2) is 0 Å². The Labute approximate surface area is 113 Å². The van der Waals surface area contributed by atoms with Gasteiger partial charge in [-0.2, -0.15) is 0 Å². The molecule has 0 aromatic heterocycles. The summed E-state index contributed by atoms with van der Waals surface area (Å²) in [6, 6.07) is 9.05. The monoisotopic (exact) mass is 263 g/mol. The minimum atomic E-state index is -0.522. The van der Waals surface area contributed by atoms with Gasteiger partial charge < -0.3 is 15.7 Å². The van der Waals surface area contributed by atoms with Gasteiger partial charge in [0.2, 0.25) is 0 Å². The Balaban J connectivity index is 1.71. The Hall–Kier alpha value is -1.43. The van der Waals surface area contributed by atoms with E-state index in [1.54, 1.807) is 12.1 Å². The number of nitrogens with one attached hydrogen (secondary N) is 2. The van der Waals surface area contributed by atoms with Gasteiger partial charge in [-0.15, -0.1) is 0 Å². The molecule has 3 N–H and O–H groups in total. The van der Waals surface area contributed by atoms with Crippen molar-refractivity contribution in [2.75, 3.05) is 39.3 Å². The topological polar surface area (TPSA) is 64.6 Å². The van der Waals surface area contributed by atoms with Crippen molar-refractivity contribution in [3.63, 3.8) is 0 Å². The Bertz CT molecular complexity index is 391. The third kappa shape index (κ3) is 4.63. The fourth-order valence-corrected chi connectivity index (χ4v) is 2.16. The maximum Gasteiger partial charge on any atom is 0.251 e. The van der Waals surface area contributed by atoms with E-state index in [9.17, 15) is 9.90 Å². The largest absolute Gasteiger partial charge is 0.390 e. The lowest BCUT2D eigenvalue weighted by Gasteiger charge is -2.29. The number of amides is 1. The van der Waals surface area contributed by atoms with Crippen molar-refractivity contribution < 1.29 is 9.90 Å². The molecule has 0 spiro atoms. The number of hydrogen-bond acceptors (Lipinski definition) is 4. The molecule has 1 unspecified atom stereocenters. The fraction of sp³-hybridized carbons (Fsp3) is 0.500. The van der Waals surface area contributed by atoms with Gasteiger partial charge in [-0.05, 0) is 12.1 Å². The second-order valence-electron chi connectivity index (χ2n) is 4.78. The van der Waals surface area contributed by atoms with Gasteiger partial charge in [0.05, 0.1) is 6.10 Å². The first-order chi connectivity index (χ1) is 9.25. The minimum Gasteiger partial charge on any atom is -0.390 e. The van der Waals surface area contributed by atoms with Crippen molar-refractivity contribution >= 4 is 5.91 Å². The minimum absolute atomic E-state index is 0.139. The van der Waals surface area contributed by atoms with Gasteiger partial charge in [0.25, 0.3) is 5.91 Å². The number of carbonyl (C=O) groups is 1. The summed E-state index contributed by atoms with van der Waals surface area (Å²) in [5.41, 5.74) is 0.622. The standard InChI is InChI=1S/C14H21N3O2/c18-13(11-17-8-6-15-7-9-17)10-16-14(19)12-4-2-1-3-5-12/h1-5,13,15,18H,6-11H2,(H,16,19). The van der Waals surface area contributed by atoms with E-state index >= 15 is 0 Å². The van der Waals surface area contributed by atoms with E-state index in [-0.39, 0.29) is 12.5 Å². The second-order valence-corrected chi connectivity index (χ2v) is 4.78. The third-order valence-electron chi connectivity index (χ3n) is 3.21. The Morgan fingerprint density at radius 3 is 2.68 bits per heavy atom. The van der Waals surface area contributed by atoms with Crippen molar-refractivity contribution in [2.45, 2.75) is 6.10 Å². The Morgan fingerprint density at radius 2 is 2.00 bits per heavy atom. The van der Waals surface area contributed by atoms with Crippen molar-refractivity contribution in [1.82, 2.24) is 15.5 Å². The molecule has 5 nitrogen and oxygen atoms in total. The molecule has 1 atom stereocenters. The van der Waals surface area contributed by atoms with Gasteiger partial charge in [-0.25, -0.2) is 0 Å². The zero-order valence-corrected chi connectivity index (χ0v) is 11.0. The predicted octanol–water partition coefficient (Wildman–Crippen LogP) is -0.317. The number of hydrogen-bond donors (Lipinski definition) is 3. The van der Waals surface area contributed by atoms with Crippen LogP contribution in [0.25, 0.3) is 0 Å². The summed E-state index contributed by atoms with van der Waals surface area (Å²) in [6.45, 7) is 4.72.